The van der Waals surface area contributed by atoms with E-state index in [1.807, 2.05) is 24.4 Å². The van der Waals surface area contributed by atoms with Crippen LogP contribution in [0.1, 0.15) is 0 Å². The fourth-order valence-corrected chi connectivity index (χ4v) is 6.72. The molecule has 5 heteroatoms. The van der Waals surface area contributed by atoms with Crippen molar-refractivity contribution in [3.8, 4) is 22.4 Å². The molecule has 0 saturated heterocycles. The minimum Gasteiger partial charge on any atom is -0.440 e. The predicted octanol–water partition coefficient (Wildman–Crippen LogP) is 10.3. The lowest BCUT2D eigenvalue weighted by molar-refractivity contribution is 0.621. The van der Waals surface area contributed by atoms with Gasteiger partial charge < -0.3 is 8.98 Å². The SMILES string of the molecule is Cn1c(-c2cccc3oc(N(c4ccccc4)c4cccc(-c5csc6cccnc56)c4)cc23)cc2ccccc21. The average molecular weight is 548 g/mol. The van der Waals surface area contributed by atoms with E-state index >= 15 is 0 Å². The Labute approximate surface area is 241 Å². The van der Waals surface area contributed by atoms with Crippen LogP contribution in [0.15, 0.2) is 137 Å². The Morgan fingerprint density at radius 1 is 0.732 bits per heavy atom. The first-order valence-corrected chi connectivity index (χ1v) is 14.5. The Bertz CT molecular complexity index is 2190. The van der Waals surface area contributed by atoms with Gasteiger partial charge in [0.1, 0.15) is 5.58 Å². The van der Waals surface area contributed by atoms with Gasteiger partial charge in [-0.1, -0.05) is 60.7 Å². The summed E-state index contributed by atoms with van der Waals surface area (Å²) in [5.74, 6) is 0.767. The van der Waals surface area contributed by atoms with Crippen LogP contribution in [-0.4, -0.2) is 9.55 Å². The summed E-state index contributed by atoms with van der Waals surface area (Å²) in [7, 11) is 2.13. The third kappa shape index (κ3) is 3.93. The smallest absolute Gasteiger partial charge is 0.205 e. The molecule has 4 aromatic carbocycles. The van der Waals surface area contributed by atoms with Gasteiger partial charge in [-0.05, 0) is 60.2 Å². The molecule has 0 spiro atoms. The second-order valence-electron chi connectivity index (χ2n) is 10.2. The summed E-state index contributed by atoms with van der Waals surface area (Å²) in [6.45, 7) is 0. The highest BCUT2D eigenvalue weighted by atomic mass is 32.1. The van der Waals surface area contributed by atoms with E-state index in [1.165, 1.54) is 15.6 Å². The quantitative estimate of drug-likeness (QED) is 0.215. The number of aromatic nitrogens is 2. The molecule has 196 valence electrons. The molecule has 4 aromatic heterocycles. The van der Waals surface area contributed by atoms with E-state index in [9.17, 15) is 0 Å². The second kappa shape index (κ2) is 9.51. The molecule has 0 N–H and O–H groups in total. The van der Waals surface area contributed by atoms with Crippen molar-refractivity contribution in [3.63, 3.8) is 0 Å². The van der Waals surface area contributed by atoms with E-state index in [0.29, 0.717) is 0 Å². The number of aryl methyl sites for hydroxylation is 1. The van der Waals surface area contributed by atoms with Gasteiger partial charge in [-0.15, -0.1) is 11.3 Å². The van der Waals surface area contributed by atoms with Crippen LogP contribution in [0.3, 0.4) is 0 Å². The standard InChI is InChI=1S/C36H25N3OS/c1-38-31-16-6-5-10-25(31)21-32(38)28-15-8-17-33-29(28)22-35(40-33)39(26-12-3-2-4-13-26)27-14-7-11-24(20-27)30-23-41-34-18-9-19-37-36(30)34/h2-23H,1H3. The van der Waals surface area contributed by atoms with Crippen molar-refractivity contribution < 1.29 is 4.42 Å². The maximum absolute atomic E-state index is 6.62. The maximum Gasteiger partial charge on any atom is 0.205 e. The van der Waals surface area contributed by atoms with Gasteiger partial charge in [0.25, 0.3) is 0 Å². The summed E-state index contributed by atoms with van der Waals surface area (Å²) in [4.78, 5) is 6.87. The molecule has 8 rings (SSSR count). The number of thiophene rings is 1. The van der Waals surface area contributed by atoms with E-state index in [0.717, 1.165) is 56.1 Å². The molecule has 0 atom stereocenters. The van der Waals surface area contributed by atoms with Gasteiger partial charge in [-0.25, -0.2) is 0 Å². The van der Waals surface area contributed by atoms with Gasteiger partial charge in [0.05, 0.1) is 10.2 Å². The average Bonchev–Trinajstić information content (AvgIpc) is 3.73. The van der Waals surface area contributed by atoms with Crippen LogP contribution in [-0.2, 0) is 7.05 Å². The number of furan rings is 1. The summed E-state index contributed by atoms with van der Waals surface area (Å²) in [6.07, 6.45) is 1.86. The van der Waals surface area contributed by atoms with Gasteiger partial charge in [0.15, 0.2) is 0 Å². The predicted molar refractivity (Wildman–Crippen MR) is 171 cm³/mol. The van der Waals surface area contributed by atoms with Gasteiger partial charge in [-0.2, -0.15) is 0 Å². The number of anilines is 3. The van der Waals surface area contributed by atoms with E-state index in [4.69, 9.17) is 4.42 Å². The lowest BCUT2D eigenvalue weighted by Crippen LogP contribution is -2.08. The van der Waals surface area contributed by atoms with Crippen LogP contribution >= 0.6 is 11.3 Å². The Morgan fingerprint density at radius 3 is 2.46 bits per heavy atom. The van der Waals surface area contributed by atoms with E-state index < -0.39 is 0 Å². The molecule has 0 amide bonds. The molecule has 4 nitrogen and oxygen atoms in total. The number of hydrogen-bond donors (Lipinski definition) is 0. The molecule has 0 bridgehead atoms. The fourth-order valence-electron chi connectivity index (χ4n) is 5.79. The van der Waals surface area contributed by atoms with Gasteiger partial charge in [0.2, 0.25) is 5.88 Å². The number of fused-ring (bicyclic) bond motifs is 3. The Morgan fingerprint density at radius 2 is 1.56 bits per heavy atom. The molecule has 0 aliphatic carbocycles. The zero-order valence-electron chi connectivity index (χ0n) is 22.4. The van der Waals surface area contributed by atoms with E-state index in [-0.39, 0.29) is 0 Å². The molecule has 0 aliphatic heterocycles. The molecule has 0 aliphatic rings. The first-order chi connectivity index (χ1) is 20.2. The van der Waals surface area contributed by atoms with Crippen LogP contribution in [0, 0.1) is 0 Å². The molecule has 0 saturated carbocycles. The molecular weight excluding hydrogens is 522 g/mol. The van der Waals surface area contributed by atoms with Crippen molar-refractivity contribution in [2.45, 2.75) is 0 Å². The molecule has 8 aromatic rings. The molecular formula is C36H25N3OS. The number of nitrogens with zero attached hydrogens (tertiary/aromatic N) is 3. The van der Waals surface area contributed by atoms with Crippen molar-refractivity contribution in [1.29, 1.82) is 0 Å². The Hall–Kier alpha value is -5.13. The Balaban J connectivity index is 1.30. The van der Waals surface area contributed by atoms with Crippen molar-refractivity contribution in [2.75, 3.05) is 4.90 Å². The summed E-state index contributed by atoms with van der Waals surface area (Å²) >= 11 is 1.72. The lowest BCUT2D eigenvalue weighted by Gasteiger charge is -2.23. The van der Waals surface area contributed by atoms with Crippen molar-refractivity contribution >= 4 is 60.7 Å². The minimum atomic E-state index is 0.767. The second-order valence-corrected chi connectivity index (χ2v) is 11.1. The summed E-state index contributed by atoms with van der Waals surface area (Å²) in [5.41, 5.74) is 9.72. The van der Waals surface area contributed by atoms with E-state index in [2.05, 4.69) is 130 Å². The third-order valence-corrected chi connectivity index (χ3v) is 8.69. The largest absolute Gasteiger partial charge is 0.440 e. The van der Waals surface area contributed by atoms with Crippen LogP contribution in [0.4, 0.5) is 17.3 Å². The number of benzene rings is 4. The molecule has 41 heavy (non-hydrogen) atoms. The maximum atomic E-state index is 6.62. The summed E-state index contributed by atoms with van der Waals surface area (Å²) in [6, 6.07) is 42.4. The van der Waals surface area contributed by atoms with Gasteiger partial charge in [-0.3, -0.25) is 9.88 Å². The van der Waals surface area contributed by atoms with Crippen LogP contribution in [0.2, 0.25) is 0 Å². The Kier molecular flexibility index (Phi) is 5.50. The highest BCUT2D eigenvalue weighted by Crippen LogP contribution is 2.42. The topological polar surface area (TPSA) is 34.2 Å². The normalized spacial score (nSPS) is 11.5. The lowest BCUT2D eigenvalue weighted by atomic mass is 10.1. The van der Waals surface area contributed by atoms with Crippen LogP contribution in [0.25, 0.3) is 54.5 Å². The first-order valence-electron chi connectivity index (χ1n) is 13.6. The number of pyridine rings is 1. The van der Waals surface area contributed by atoms with Crippen molar-refractivity contribution in [2.24, 2.45) is 7.05 Å². The number of hydrogen-bond acceptors (Lipinski definition) is 4. The third-order valence-electron chi connectivity index (χ3n) is 7.76. The van der Waals surface area contributed by atoms with E-state index in [1.54, 1.807) is 11.3 Å². The molecule has 0 fully saturated rings. The van der Waals surface area contributed by atoms with Crippen molar-refractivity contribution in [1.82, 2.24) is 9.55 Å². The zero-order chi connectivity index (χ0) is 27.3. The van der Waals surface area contributed by atoms with Crippen molar-refractivity contribution in [3.05, 3.63) is 133 Å². The minimum absolute atomic E-state index is 0.767. The van der Waals surface area contributed by atoms with Crippen LogP contribution in [0.5, 0.6) is 0 Å². The first kappa shape index (κ1) is 23.7. The summed E-state index contributed by atoms with van der Waals surface area (Å²) < 4.78 is 10.1. The van der Waals surface area contributed by atoms with Gasteiger partial charge in [0, 0.05) is 69.2 Å². The number of para-hydroxylation sites is 2. The molecule has 4 heterocycles. The zero-order valence-corrected chi connectivity index (χ0v) is 23.2. The molecule has 0 radical (unpaired) electrons. The highest BCUT2D eigenvalue weighted by molar-refractivity contribution is 7.17. The van der Waals surface area contributed by atoms with Gasteiger partial charge >= 0.3 is 0 Å². The fraction of sp³-hybridized carbons (Fsp3) is 0.0278. The van der Waals surface area contributed by atoms with Crippen LogP contribution < -0.4 is 4.90 Å². The monoisotopic (exact) mass is 547 g/mol. The highest BCUT2D eigenvalue weighted by Gasteiger charge is 2.20. The molecule has 0 unspecified atom stereocenters. The number of rotatable bonds is 5. The summed E-state index contributed by atoms with van der Waals surface area (Å²) in [5, 5.41) is 4.50.